The summed E-state index contributed by atoms with van der Waals surface area (Å²) in [5.74, 6) is 0.736. The molecule has 5 heteroatoms. The monoisotopic (exact) mass is 391 g/mol. The number of hydrogen-bond acceptors (Lipinski definition) is 3. The number of para-hydroxylation sites is 1. The van der Waals surface area contributed by atoms with Gasteiger partial charge in [-0.25, -0.2) is 0 Å². The Hall–Kier alpha value is -1.89. The van der Waals surface area contributed by atoms with Gasteiger partial charge in [-0.15, -0.1) is 0 Å². The second-order valence-electron chi connectivity index (χ2n) is 4.64. The minimum absolute atomic E-state index is 0.106. The molecular formula is C16H14IN3O. The van der Waals surface area contributed by atoms with Crippen LogP contribution in [0.1, 0.15) is 15.9 Å². The van der Waals surface area contributed by atoms with Crippen molar-refractivity contribution in [2.75, 3.05) is 18.4 Å². The predicted molar refractivity (Wildman–Crippen MR) is 93.0 cm³/mol. The number of carbonyl (C=O) groups is 1. The standard InChI is InChI=1S/C16H14IN3O/c17-13-7-3-1-5-11(13)16(21)20-14-8-4-2-6-12(14)15-18-9-10-19-15/h1-8H,9-10H2,(H,18,19)(H,20,21). The summed E-state index contributed by atoms with van der Waals surface area (Å²) >= 11 is 2.17. The molecule has 1 heterocycles. The van der Waals surface area contributed by atoms with E-state index >= 15 is 0 Å². The number of aliphatic imine (C=N–C) groups is 1. The maximum atomic E-state index is 12.4. The maximum Gasteiger partial charge on any atom is 0.256 e. The lowest BCUT2D eigenvalue weighted by Crippen LogP contribution is -2.22. The summed E-state index contributed by atoms with van der Waals surface area (Å²) in [4.78, 5) is 16.8. The summed E-state index contributed by atoms with van der Waals surface area (Å²) < 4.78 is 0.932. The van der Waals surface area contributed by atoms with E-state index in [1.54, 1.807) is 0 Å². The van der Waals surface area contributed by atoms with E-state index in [1.807, 2.05) is 48.5 Å². The Balaban J connectivity index is 1.89. The first-order valence-electron chi connectivity index (χ1n) is 6.69. The Bertz CT molecular complexity index is 712. The second kappa shape index (κ2) is 6.26. The molecule has 0 fully saturated rings. The molecule has 0 aromatic heterocycles. The first-order chi connectivity index (χ1) is 10.3. The molecule has 21 heavy (non-hydrogen) atoms. The van der Waals surface area contributed by atoms with Gasteiger partial charge in [-0.2, -0.15) is 0 Å². The van der Waals surface area contributed by atoms with Crippen molar-refractivity contribution in [3.8, 4) is 0 Å². The van der Waals surface area contributed by atoms with Crippen LogP contribution in [0.15, 0.2) is 53.5 Å². The van der Waals surface area contributed by atoms with Gasteiger partial charge in [0.05, 0.1) is 17.8 Å². The molecule has 0 unspecified atom stereocenters. The lowest BCUT2D eigenvalue weighted by Gasteiger charge is -2.12. The molecule has 0 bridgehead atoms. The number of hydrogen-bond donors (Lipinski definition) is 2. The van der Waals surface area contributed by atoms with E-state index in [4.69, 9.17) is 0 Å². The fourth-order valence-corrected chi connectivity index (χ4v) is 2.84. The van der Waals surface area contributed by atoms with Gasteiger partial charge < -0.3 is 10.6 Å². The number of rotatable bonds is 3. The number of benzene rings is 2. The zero-order chi connectivity index (χ0) is 14.7. The fourth-order valence-electron chi connectivity index (χ4n) is 2.21. The third-order valence-corrected chi connectivity index (χ3v) is 4.16. The van der Waals surface area contributed by atoms with E-state index in [1.165, 1.54) is 0 Å². The molecule has 1 aliphatic heterocycles. The van der Waals surface area contributed by atoms with Crippen molar-refractivity contribution in [2.45, 2.75) is 0 Å². The zero-order valence-corrected chi connectivity index (χ0v) is 13.4. The number of halogens is 1. The molecule has 0 aliphatic carbocycles. The largest absolute Gasteiger partial charge is 0.368 e. The van der Waals surface area contributed by atoms with Gasteiger partial charge in [0.2, 0.25) is 0 Å². The SMILES string of the molecule is O=C(Nc1ccccc1C1=NCCN1)c1ccccc1I. The normalized spacial score (nSPS) is 13.5. The molecule has 3 rings (SSSR count). The smallest absolute Gasteiger partial charge is 0.256 e. The van der Waals surface area contributed by atoms with Crippen LogP contribution in [0.2, 0.25) is 0 Å². The highest BCUT2D eigenvalue weighted by molar-refractivity contribution is 14.1. The predicted octanol–water partition coefficient (Wildman–Crippen LogP) is 2.89. The number of amidine groups is 1. The molecule has 2 aromatic carbocycles. The van der Waals surface area contributed by atoms with Gasteiger partial charge in [0.1, 0.15) is 5.84 Å². The van der Waals surface area contributed by atoms with Gasteiger partial charge in [-0.3, -0.25) is 9.79 Å². The van der Waals surface area contributed by atoms with Crippen LogP contribution < -0.4 is 10.6 Å². The summed E-state index contributed by atoms with van der Waals surface area (Å²) in [6.45, 7) is 1.61. The minimum atomic E-state index is -0.106. The molecule has 4 nitrogen and oxygen atoms in total. The van der Waals surface area contributed by atoms with E-state index in [9.17, 15) is 4.79 Å². The Morgan fingerprint density at radius 1 is 1.14 bits per heavy atom. The lowest BCUT2D eigenvalue weighted by atomic mass is 10.1. The molecule has 1 amide bonds. The second-order valence-corrected chi connectivity index (χ2v) is 5.80. The molecular weight excluding hydrogens is 377 g/mol. The number of nitrogens with zero attached hydrogens (tertiary/aromatic N) is 1. The molecule has 1 aliphatic rings. The molecule has 0 atom stereocenters. The third kappa shape index (κ3) is 3.07. The fraction of sp³-hybridized carbons (Fsp3) is 0.125. The molecule has 0 saturated heterocycles. The van der Waals surface area contributed by atoms with Gasteiger partial charge in [-0.05, 0) is 46.9 Å². The average Bonchev–Trinajstić information content (AvgIpc) is 3.02. The van der Waals surface area contributed by atoms with Crippen molar-refractivity contribution in [1.82, 2.24) is 5.32 Å². The Morgan fingerprint density at radius 3 is 2.67 bits per heavy atom. The average molecular weight is 391 g/mol. The molecule has 0 spiro atoms. The molecule has 0 radical (unpaired) electrons. The summed E-state index contributed by atoms with van der Waals surface area (Å²) in [5.41, 5.74) is 2.37. The third-order valence-electron chi connectivity index (χ3n) is 3.22. The topological polar surface area (TPSA) is 53.5 Å². The summed E-state index contributed by atoms with van der Waals surface area (Å²) in [5, 5.41) is 6.21. The molecule has 2 aromatic rings. The van der Waals surface area contributed by atoms with Gasteiger partial charge in [0, 0.05) is 15.7 Å². The molecule has 106 valence electrons. The van der Waals surface area contributed by atoms with Crippen LogP contribution in [0.4, 0.5) is 5.69 Å². The quantitative estimate of drug-likeness (QED) is 0.791. The van der Waals surface area contributed by atoms with Crippen LogP contribution in [0.25, 0.3) is 0 Å². The van der Waals surface area contributed by atoms with E-state index < -0.39 is 0 Å². The zero-order valence-electron chi connectivity index (χ0n) is 11.3. The Kier molecular flexibility index (Phi) is 4.19. The van der Waals surface area contributed by atoms with Gasteiger partial charge >= 0.3 is 0 Å². The van der Waals surface area contributed by atoms with Crippen LogP contribution >= 0.6 is 22.6 Å². The van der Waals surface area contributed by atoms with E-state index in [-0.39, 0.29) is 5.91 Å². The van der Waals surface area contributed by atoms with Gasteiger partial charge in [-0.1, -0.05) is 24.3 Å². The highest BCUT2D eigenvalue weighted by atomic mass is 127. The molecule has 0 saturated carbocycles. The Morgan fingerprint density at radius 2 is 1.90 bits per heavy atom. The van der Waals surface area contributed by atoms with Crippen molar-refractivity contribution < 1.29 is 4.79 Å². The van der Waals surface area contributed by atoms with Crippen molar-refractivity contribution in [3.05, 3.63) is 63.2 Å². The number of carbonyl (C=O) groups excluding carboxylic acids is 1. The highest BCUT2D eigenvalue weighted by Crippen LogP contribution is 2.19. The first-order valence-corrected chi connectivity index (χ1v) is 7.77. The highest BCUT2D eigenvalue weighted by Gasteiger charge is 2.15. The van der Waals surface area contributed by atoms with E-state index in [0.29, 0.717) is 5.56 Å². The van der Waals surface area contributed by atoms with Crippen LogP contribution in [0.5, 0.6) is 0 Å². The summed E-state index contributed by atoms with van der Waals surface area (Å²) in [7, 11) is 0. The lowest BCUT2D eigenvalue weighted by molar-refractivity contribution is 0.102. The van der Waals surface area contributed by atoms with Crippen molar-refractivity contribution >= 4 is 40.0 Å². The van der Waals surface area contributed by atoms with Crippen LogP contribution in [-0.4, -0.2) is 24.8 Å². The first kappa shape index (κ1) is 14.1. The van der Waals surface area contributed by atoms with Crippen LogP contribution in [0.3, 0.4) is 0 Å². The molecule has 2 N–H and O–H groups in total. The maximum absolute atomic E-state index is 12.4. The van der Waals surface area contributed by atoms with Crippen molar-refractivity contribution in [2.24, 2.45) is 4.99 Å². The Labute approximate surface area is 136 Å². The van der Waals surface area contributed by atoms with E-state index in [2.05, 4.69) is 38.2 Å². The van der Waals surface area contributed by atoms with Gasteiger partial charge in [0.25, 0.3) is 5.91 Å². The number of nitrogens with one attached hydrogen (secondary N) is 2. The minimum Gasteiger partial charge on any atom is -0.368 e. The van der Waals surface area contributed by atoms with Crippen molar-refractivity contribution in [3.63, 3.8) is 0 Å². The van der Waals surface area contributed by atoms with Crippen LogP contribution in [0, 0.1) is 3.57 Å². The van der Waals surface area contributed by atoms with E-state index in [0.717, 1.165) is 33.7 Å². The summed E-state index contributed by atoms with van der Waals surface area (Å²) in [6.07, 6.45) is 0. The van der Waals surface area contributed by atoms with Crippen LogP contribution in [-0.2, 0) is 0 Å². The number of amides is 1. The number of anilines is 1. The summed E-state index contributed by atoms with van der Waals surface area (Å²) in [6, 6.07) is 15.2. The van der Waals surface area contributed by atoms with Gasteiger partial charge in [0.15, 0.2) is 0 Å². The van der Waals surface area contributed by atoms with Crippen molar-refractivity contribution in [1.29, 1.82) is 0 Å².